The molecule has 0 aromatic heterocycles. The molecule has 0 heterocycles. The number of hydrogen-bond acceptors (Lipinski definition) is 2. The molecule has 2 saturated carbocycles. The maximum atomic E-state index is 5.83. The maximum absolute atomic E-state index is 5.83. The molecular weight excluding hydrogens is 234 g/mol. The standard InChI is InChI=1S/C17H33NO/c1-3-12-18-16(13-15-8-5-4-6-9-15)14-17(19-2)10-7-11-17/h15-16,18H,3-14H2,1-2H3. The van der Waals surface area contributed by atoms with E-state index in [9.17, 15) is 0 Å². The van der Waals surface area contributed by atoms with Crippen molar-refractivity contribution < 1.29 is 4.74 Å². The highest BCUT2D eigenvalue weighted by atomic mass is 16.5. The van der Waals surface area contributed by atoms with Gasteiger partial charge in [-0.05, 0) is 51.0 Å². The third-order valence-corrected chi connectivity index (χ3v) is 5.34. The lowest BCUT2D eigenvalue weighted by Gasteiger charge is -2.43. The number of methoxy groups -OCH3 is 1. The van der Waals surface area contributed by atoms with E-state index in [1.165, 1.54) is 70.6 Å². The van der Waals surface area contributed by atoms with E-state index in [-0.39, 0.29) is 5.60 Å². The third-order valence-electron chi connectivity index (χ3n) is 5.34. The Labute approximate surface area is 119 Å². The molecule has 112 valence electrons. The average molecular weight is 267 g/mol. The Hall–Kier alpha value is -0.0800. The van der Waals surface area contributed by atoms with Gasteiger partial charge in [0.15, 0.2) is 0 Å². The Morgan fingerprint density at radius 2 is 1.89 bits per heavy atom. The van der Waals surface area contributed by atoms with Crippen molar-refractivity contribution in [2.24, 2.45) is 5.92 Å². The van der Waals surface area contributed by atoms with Crippen LogP contribution in [0.5, 0.6) is 0 Å². The number of ether oxygens (including phenoxy) is 1. The molecule has 2 rings (SSSR count). The van der Waals surface area contributed by atoms with Crippen LogP contribution in [0.4, 0.5) is 0 Å². The SMILES string of the molecule is CCCNC(CC1CCCCC1)CC1(OC)CCC1. The Bertz CT molecular complexity index is 238. The van der Waals surface area contributed by atoms with Gasteiger partial charge in [-0.3, -0.25) is 0 Å². The van der Waals surface area contributed by atoms with Crippen LogP contribution < -0.4 is 5.32 Å². The van der Waals surface area contributed by atoms with Gasteiger partial charge in [-0.25, -0.2) is 0 Å². The molecule has 1 unspecified atom stereocenters. The highest BCUT2D eigenvalue weighted by molar-refractivity contribution is 4.93. The van der Waals surface area contributed by atoms with Crippen molar-refractivity contribution in [1.82, 2.24) is 5.32 Å². The van der Waals surface area contributed by atoms with Gasteiger partial charge in [0.25, 0.3) is 0 Å². The van der Waals surface area contributed by atoms with Gasteiger partial charge in [0.1, 0.15) is 0 Å². The molecule has 2 heteroatoms. The fourth-order valence-electron chi connectivity index (χ4n) is 3.92. The Morgan fingerprint density at radius 3 is 2.42 bits per heavy atom. The molecule has 2 fully saturated rings. The minimum atomic E-state index is 0.222. The van der Waals surface area contributed by atoms with Gasteiger partial charge >= 0.3 is 0 Å². The first-order chi connectivity index (χ1) is 9.28. The summed E-state index contributed by atoms with van der Waals surface area (Å²) < 4.78 is 5.83. The van der Waals surface area contributed by atoms with Gasteiger partial charge in [0, 0.05) is 13.2 Å². The van der Waals surface area contributed by atoms with Crippen molar-refractivity contribution in [1.29, 1.82) is 0 Å². The predicted octanol–water partition coefficient (Wildman–Crippen LogP) is 4.28. The summed E-state index contributed by atoms with van der Waals surface area (Å²) in [5.41, 5.74) is 0.222. The van der Waals surface area contributed by atoms with Crippen LogP contribution in [-0.2, 0) is 4.74 Å². The number of nitrogens with one attached hydrogen (secondary N) is 1. The molecule has 1 N–H and O–H groups in total. The molecule has 2 aliphatic rings. The minimum Gasteiger partial charge on any atom is -0.378 e. The van der Waals surface area contributed by atoms with E-state index < -0.39 is 0 Å². The zero-order chi connectivity index (χ0) is 13.6. The summed E-state index contributed by atoms with van der Waals surface area (Å²) in [6.07, 6.45) is 15.1. The second-order valence-electron chi connectivity index (χ2n) is 6.84. The first-order valence-electron chi connectivity index (χ1n) is 8.56. The topological polar surface area (TPSA) is 21.3 Å². The number of hydrogen-bond donors (Lipinski definition) is 1. The van der Waals surface area contributed by atoms with Crippen molar-refractivity contribution in [2.45, 2.75) is 89.2 Å². The van der Waals surface area contributed by atoms with Crippen LogP contribution in [0.2, 0.25) is 0 Å². The monoisotopic (exact) mass is 267 g/mol. The summed E-state index contributed by atoms with van der Waals surface area (Å²) >= 11 is 0. The summed E-state index contributed by atoms with van der Waals surface area (Å²) in [5.74, 6) is 0.970. The largest absolute Gasteiger partial charge is 0.378 e. The normalized spacial score (nSPS) is 24.9. The number of rotatable bonds is 8. The molecule has 0 aromatic carbocycles. The summed E-state index contributed by atoms with van der Waals surface area (Å²) in [6.45, 7) is 3.43. The van der Waals surface area contributed by atoms with Crippen molar-refractivity contribution in [3.63, 3.8) is 0 Å². The Kier molecular flexibility index (Phi) is 6.15. The van der Waals surface area contributed by atoms with Crippen LogP contribution >= 0.6 is 0 Å². The molecule has 0 bridgehead atoms. The fourth-order valence-corrected chi connectivity index (χ4v) is 3.92. The van der Waals surface area contributed by atoms with Crippen LogP contribution in [0, 0.1) is 5.92 Å². The quantitative estimate of drug-likeness (QED) is 0.708. The van der Waals surface area contributed by atoms with E-state index >= 15 is 0 Å². The lowest BCUT2D eigenvalue weighted by Crippen LogP contribution is -2.46. The van der Waals surface area contributed by atoms with E-state index in [0.717, 1.165) is 12.5 Å². The first kappa shape index (κ1) is 15.3. The second-order valence-corrected chi connectivity index (χ2v) is 6.84. The molecule has 1 atom stereocenters. The predicted molar refractivity (Wildman–Crippen MR) is 81.5 cm³/mol. The van der Waals surface area contributed by atoms with Crippen LogP contribution in [-0.4, -0.2) is 25.3 Å². The highest BCUT2D eigenvalue weighted by Gasteiger charge is 2.39. The smallest absolute Gasteiger partial charge is 0.0693 e. The van der Waals surface area contributed by atoms with Crippen molar-refractivity contribution in [3.8, 4) is 0 Å². The van der Waals surface area contributed by atoms with Crippen molar-refractivity contribution >= 4 is 0 Å². The van der Waals surface area contributed by atoms with Crippen LogP contribution in [0.3, 0.4) is 0 Å². The van der Waals surface area contributed by atoms with Gasteiger partial charge in [-0.15, -0.1) is 0 Å². The zero-order valence-electron chi connectivity index (χ0n) is 13.0. The van der Waals surface area contributed by atoms with Gasteiger partial charge in [-0.1, -0.05) is 39.0 Å². The second kappa shape index (κ2) is 7.64. The van der Waals surface area contributed by atoms with Gasteiger partial charge in [-0.2, -0.15) is 0 Å². The molecule has 2 nitrogen and oxygen atoms in total. The van der Waals surface area contributed by atoms with Crippen molar-refractivity contribution in [2.75, 3.05) is 13.7 Å². The van der Waals surface area contributed by atoms with E-state index in [1.54, 1.807) is 0 Å². The first-order valence-corrected chi connectivity index (χ1v) is 8.56. The van der Waals surface area contributed by atoms with Crippen LogP contribution in [0.25, 0.3) is 0 Å². The lowest BCUT2D eigenvalue weighted by atomic mass is 9.73. The average Bonchev–Trinajstić information content (AvgIpc) is 2.41. The third kappa shape index (κ3) is 4.46. The zero-order valence-corrected chi connectivity index (χ0v) is 13.0. The van der Waals surface area contributed by atoms with E-state index in [1.807, 2.05) is 7.11 Å². The van der Waals surface area contributed by atoms with Crippen molar-refractivity contribution in [3.05, 3.63) is 0 Å². The lowest BCUT2D eigenvalue weighted by molar-refractivity contribution is -0.0848. The van der Waals surface area contributed by atoms with Crippen LogP contribution in [0.15, 0.2) is 0 Å². The van der Waals surface area contributed by atoms with E-state index in [4.69, 9.17) is 4.74 Å². The molecular formula is C17H33NO. The molecule has 0 spiro atoms. The molecule has 0 aliphatic heterocycles. The van der Waals surface area contributed by atoms with Crippen LogP contribution in [0.1, 0.15) is 77.6 Å². The molecule has 19 heavy (non-hydrogen) atoms. The van der Waals surface area contributed by atoms with E-state index in [2.05, 4.69) is 12.2 Å². The van der Waals surface area contributed by atoms with Gasteiger partial charge in [0.2, 0.25) is 0 Å². The molecule has 0 saturated heterocycles. The Morgan fingerprint density at radius 1 is 1.16 bits per heavy atom. The van der Waals surface area contributed by atoms with Gasteiger partial charge in [0.05, 0.1) is 5.60 Å². The molecule has 0 aromatic rings. The fraction of sp³-hybridized carbons (Fsp3) is 1.00. The van der Waals surface area contributed by atoms with E-state index in [0.29, 0.717) is 6.04 Å². The molecule has 0 amide bonds. The molecule has 0 radical (unpaired) electrons. The van der Waals surface area contributed by atoms with Gasteiger partial charge < -0.3 is 10.1 Å². The minimum absolute atomic E-state index is 0.222. The maximum Gasteiger partial charge on any atom is 0.0693 e. The summed E-state index contributed by atoms with van der Waals surface area (Å²) in [4.78, 5) is 0. The Balaban J connectivity index is 1.83. The highest BCUT2D eigenvalue weighted by Crippen LogP contribution is 2.40. The summed E-state index contributed by atoms with van der Waals surface area (Å²) in [5, 5.41) is 3.79. The molecule has 2 aliphatic carbocycles. The summed E-state index contributed by atoms with van der Waals surface area (Å²) in [6, 6.07) is 0.684. The summed E-state index contributed by atoms with van der Waals surface area (Å²) in [7, 11) is 1.91.